The molecule has 1 aromatic carbocycles. The van der Waals surface area contributed by atoms with E-state index in [-0.39, 0.29) is 41.0 Å². The van der Waals surface area contributed by atoms with Crippen LogP contribution in [0.5, 0.6) is 0 Å². The average Bonchev–Trinajstić information content (AvgIpc) is 3.16. The van der Waals surface area contributed by atoms with Crippen LogP contribution in [-0.2, 0) is 30.6 Å². The lowest BCUT2D eigenvalue weighted by Gasteiger charge is -2.31. The summed E-state index contributed by atoms with van der Waals surface area (Å²) in [7, 11) is -3.79. The van der Waals surface area contributed by atoms with E-state index in [1.165, 1.54) is 17.9 Å². The standard InChI is InChI=1S/C21H28BrN3O6S/c1-3-31-21(28)24-8-5-17(6-9-24)23-19(27)7-11-32(29,30)18-13-16(22)12-15-4-10-25(14(2)26)20(15)18/h12-13,17H,3-11H2,1-2H3,(H,23,27). The Kier molecular flexibility index (Phi) is 7.81. The highest BCUT2D eigenvalue weighted by Crippen LogP contribution is 2.38. The molecule has 1 saturated heterocycles. The highest BCUT2D eigenvalue weighted by atomic mass is 79.9. The van der Waals surface area contributed by atoms with Crippen LogP contribution in [0.2, 0.25) is 0 Å². The number of hydrogen-bond donors (Lipinski definition) is 1. The fraction of sp³-hybridized carbons (Fsp3) is 0.571. The normalized spacial score (nSPS) is 16.6. The van der Waals surface area contributed by atoms with Gasteiger partial charge in [0, 0.05) is 43.5 Å². The molecule has 2 aliphatic rings. The van der Waals surface area contributed by atoms with E-state index in [2.05, 4.69) is 21.2 Å². The van der Waals surface area contributed by atoms with Crippen molar-refractivity contribution in [2.45, 2.75) is 50.5 Å². The number of amides is 3. The van der Waals surface area contributed by atoms with Crippen LogP contribution < -0.4 is 10.2 Å². The summed E-state index contributed by atoms with van der Waals surface area (Å²) in [5.41, 5.74) is 1.22. The van der Waals surface area contributed by atoms with Crippen LogP contribution in [0.3, 0.4) is 0 Å². The number of carbonyl (C=O) groups excluding carboxylic acids is 3. The molecule has 0 aromatic heterocycles. The van der Waals surface area contributed by atoms with Gasteiger partial charge in [0.05, 0.1) is 22.9 Å². The van der Waals surface area contributed by atoms with Gasteiger partial charge in [-0.3, -0.25) is 9.59 Å². The highest BCUT2D eigenvalue weighted by Gasteiger charge is 2.32. The number of rotatable bonds is 6. The van der Waals surface area contributed by atoms with Gasteiger partial charge < -0.3 is 19.9 Å². The van der Waals surface area contributed by atoms with Crippen molar-refractivity contribution in [2.24, 2.45) is 0 Å². The Morgan fingerprint density at radius 1 is 1.19 bits per heavy atom. The fourth-order valence-corrected chi connectivity index (χ4v) is 6.25. The fourth-order valence-electron chi connectivity index (χ4n) is 4.08. The molecule has 1 N–H and O–H groups in total. The van der Waals surface area contributed by atoms with Crippen LogP contribution >= 0.6 is 15.9 Å². The number of benzene rings is 1. The Morgan fingerprint density at radius 3 is 2.50 bits per heavy atom. The maximum atomic E-state index is 13.1. The van der Waals surface area contributed by atoms with E-state index >= 15 is 0 Å². The van der Waals surface area contributed by atoms with Crippen molar-refractivity contribution in [1.82, 2.24) is 10.2 Å². The number of likely N-dealkylation sites (tertiary alicyclic amines) is 1. The second kappa shape index (κ2) is 10.2. The SMILES string of the molecule is CCOC(=O)N1CCC(NC(=O)CCS(=O)(=O)c2cc(Br)cc3c2N(C(C)=O)CC3)CC1. The summed E-state index contributed by atoms with van der Waals surface area (Å²) in [6, 6.07) is 3.21. The van der Waals surface area contributed by atoms with Crippen molar-refractivity contribution in [3.63, 3.8) is 0 Å². The Balaban J connectivity index is 1.60. The zero-order chi connectivity index (χ0) is 23.5. The minimum Gasteiger partial charge on any atom is -0.450 e. The summed E-state index contributed by atoms with van der Waals surface area (Å²) in [5, 5.41) is 2.87. The van der Waals surface area contributed by atoms with Crippen molar-refractivity contribution in [3.05, 3.63) is 22.2 Å². The molecular formula is C21H28BrN3O6S. The Bertz CT molecular complexity index is 1010. The summed E-state index contributed by atoms with van der Waals surface area (Å²) in [6.07, 6.45) is 1.22. The molecular weight excluding hydrogens is 502 g/mol. The van der Waals surface area contributed by atoms with E-state index < -0.39 is 9.84 Å². The molecule has 0 atom stereocenters. The molecule has 9 nitrogen and oxygen atoms in total. The Morgan fingerprint density at radius 2 is 1.88 bits per heavy atom. The number of nitrogens with zero attached hydrogens (tertiary/aromatic N) is 2. The van der Waals surface area contributed by atoms with Gasteiger partial charge in [0.15, 0.2) is 9.84 Å². The minimum absolute atomic E-state index is 0.0742. The number of anilines is 1. The number of carbonyl (C=O) groups is 3. The zero-order valence-corrected chi connectivity index (χ0v) is 20.6. The zero-order valence-electron chi connectivity index (χ0n) is 18.2. The first-order chi connectivity index (χ1) is 15.1. The Labute approximate surface area is 196 Å². The lowest BCUT2D eigenvalue weighted by atomic mass is 10.1. The van der Waals surface area contributed by atoms with Crippen LogP contribution in [0.15, 0.2) is 21.5 Å². The smallest absolute Gasteiger partial charge is 0.409 e. The molecule has 0 bridgehead atoms. The van der Waals surface area contributed by atoms with Crippen molar-refractivity contribution >= 4 is 49.4 Å². The average molecular weight is 530 g/mol. The predicted octanol–water partition coefficient (Wildman–Crippen LogP) is 2.26. The van der Waals surface area contributed by atoms with Crippen molar-refractivity contribution in [3.8, 4) is 0 Å². The summed E-state index contributed by atoms with van der Waals surface area (Å²) < 4.78 is 31.8. The molecule has 0 saturated carbocycles. The second-order valence-corrected chi connectivity index (χ2v) is 10.9. The molecule has 11 heteroatoms. The molecule has 0 unspecified atom stereocenters. The van der Waals surface area contributed by atoms with Gasteiger partial charge in [0.25, 0.3) is 0 Å². The maximum absolute atomic E-state index is 13.1. The number of piperidine rings is 1. The molecule has 0 aliphatic carbocycles. The van der Waals surface area contributed by atoms with Gasteiger partial charge >= 0.3 is 6.09 Å². The lowest BCUT2D eigenvalue weighted by molar-refractivity contribution is -0.121. The molecule has 0 spiro atoms. The number of halogens is 1. The first-order valence-corrected chi connectivity index (χ1v) is 13.1. The van der Waals surface area contributed by atoms with Crippen molar-refractivity contribution in [1.29, 1.82) is 0 Å². The van der Waals surface area contributed by atoms with E-state index in [0.29, 0.717) is 55.7 Å². The van der Waals surface area contributed by atoms with Crippen LogP contribution in [0, 0.1) is 0 Å². The van der Waals surface area contributed by atoms with Gasteiger partial charge in [0.1, 0.15) is 0 Å². The summed E-state index contributed by atoms with van der Waals surface area (Å²) >= 11 is 3.35. The first kappa shape index (κ1) is 24.5. The van der Waals surface area contributed by atoms with Crippen LogP contribution in [-0.4, -0.2) is 69.3 Å². The molecule has 3 rings (SSSR count). The maximum Gasteiger partial charge on any atom is 0.409 e. The summed E-state index contributed by atoms with van der Waals surface area (Å²) in [6.45, 7) is 4.87. The van der Waals surface area contributed by atoms with E-state index in [1.54, 1.807) is 11.8 Å². The summed E-state index contributed by atoms with van der Waals surface area (Å²) in [4.78, 5) is 39.3. The third kappa shape index (κ3) is 5.61. The third-order valence-corrected chi connectivity index (χ3v) is 7.87. The van der Waals surface area contributed by atoms with Gasteiger partial charge in [-0.05, 0) is 43.9 Å². The van der Waals surface area contributed by atoms with Crippen molar-refractivity contribution < 1.29 is 27.5 Å². The van der Waals surface area contributed by atoms with Crippen molar-refractivity contribution in [2.75, 3.05) is 36.9 Å². The van der Waals surface area contributed by atoms with Crippen LogP contribution in [0.1, 0.15) is 38.7 Å². The van der Waals surface area contributed by atoms with Crippen LogP contribution in [0.25, 0.3) is 0 Å². The quantitative estimate of drug-likeness (QED) is 0.604. The molecule has 2 aliphatic heterocycles. The molecule has 1 aromatic rings. The molecule has 176 valence electrons. The number of hydrogen-bond acceptors (Lipinski definition) is 6. The van der Waals surface area contributed by atoms with Gasteiger partial charge in [-0.1, -0.05) is 15.9 Å². The van der Waals surface area contributed by atoms with E-state index in [1.807, 2.05) is 6.07 Å². The molecule has 32 heavy (non-hydrogen) atoms. The van der Waals surface area contributed by atoms with Gasteiger partial charge in [-0.2, -0.15) is 0 Å². The molecule has 3 amide bonds. The molecule has 0 radical (unpaired) electrons. The third-order valence-electron chi connectivity index (χ3n) is 5.69. The number of fused-ring (bicyclic) bond motifs is 1. The van der Waals surface area contributed by atoms with E-state index in [4.69, 9.17) is 4.74 Å². The Hall–Kier alpha value is -2.14. The first-order valence-electron chi connectivity index (χ1n) is 10.7. The molecule has 1 fully saturated rings. The second-order valence-electron chi connectivity index (χ2n) is 7.93. The number of sulfone groups is 1. The topological polar surface area (TPSA) is 113 Å². The minimum atomic E-state index is -3.79. The lowest BCUT2D eigenvalue weighted by Crippen LogP contribution is -2.46. The number of nitrogens with one attached hydrogen (secondary N) is 1. The number of ether oxygens (including phenoxy) is 1. The van der Waals surface area contributed by atoms with E-state index in [9.17, 15) is 22.8 Å². The monoisotopic (exact) mass is 529 g/mol. The molecule has 2 heterocycles. The van der Waals surface area contributed by atoms with Gasteiger partial charge in [-0.15, -0.1) is 0 Å². The van der Waals surface area contributed by atoms with Gasteiger partial charge in [-0.25, -0.2) is 13.2 Å². The largest absolute Gasteiger partial charge is 0.450 e. The van der Waals surface area contributed by atoms with E-state index in [0.717, 1.165) is 5.56 Å². The highest BCUT2D eigenvalue weighted by molar-refractivity contribution is 9.10. The predicted molar refractivity (Wildman–Crippen MR) is 122 cm³/mol. The van der Waals surface area contributed by atoms with Gasteiger partial charge in [0.2, 0.25) is 11.8 Å². The van der Waals surface area contributed by atoms with Crippen LogP contribution in [0.4, 0.5) is 10.5 Å². The summed E-state index contributed by atoms with van der Waals surface area (Å²) in [5.74, 6) is -0.914.